The summed E-state index contributed by atoms with van der Waals surface area (Å²) in [5.74, 6) is -0.594. The van der Waals surface area contributed by atoms with Crippen LogP contribution in [0.4, 0.5) is 0 Å². The second kappa shape index (κ2) is 7.27. The number of rotatable bonds is 7. The van der Waals surface area contributed by atoms with Crippen molar-refractivity contribution in [3.05, 3.63) is 54.1 Å². The number of allylic oxidation sites excluding steroid dienone is 2. The van der Waals surface area contributed by atoms with Crippen LogP contribution in [0.2, 0.25) is 0 Å². The van der Waals surface area contributed by atoms with Gasteiger partial charge < -0.3 is 9.47 Å². The van der Waals surface area contributed by atoms with E-state index in [1.54, 1.807) is 19.1 Å². The number of carbonyl (C=O) groups excluding carboxylic acids is 2. The van der Waals surface area contributed by atoms with E-state index in [4.69, 9.17) is 9.47 Å². The lowest BCUT2D eigenvalue weighted by molar-refractivity contribution is -0.151. The highest BCUT2D eigenvalue weighted by molar-refractivity contribution is 6.16. The summed E-state index contributed by atoms with van der Waals surface area (Å²) in [5, 5.41) is 0. The highest BCUT2D eigenvalue weighted by atomic mass is 16.5. The molecule has 0 bridgehead atoms. The Morgan fingerprint density at radius 3 is 2.57 bits per heavy atom. The van der Waals surface area contributed by atoms with Crippen LogP contribution in [0.1, 0.15) is 37.3 Å². The van der Waals surface area contributed by atoms with Gasteiger partial charge in [0.2, 0.25) is 0 Å². The van der Waals surface area contributed by atoms with E-state index in [1.165, 1.54) is 7.11 Å². The average molecular weight is 314 g/mol. The molecule has 0 aliphatic heterocycles. The Morgan fingerprint density at radius 2 is 2.00 bits per heavy atom. The maximum atomic E-state index is 12.3. The Balaban J connectivity index is 2.14. The minimum Gasteiger partial charge on any atom is -0.465 e. The van der Waals surface area contributed by atoms with Gasteiger partial charge in [-0.25, -0.2) is 4.79 Å². The summed E-state index contributed by atoms with van der Waals surface area (Å²) >= 11 is 0. The molecule has 0 spiro atoms. The van der Waals surface area contributed by atoms with Crippen LogP contribution in [0.15, 0.2) is 43.0 Å². The van der Waals surface area contributed by atoms with Gasteiger partial charge in [-0.1, -0.05) is 36.4 Å². The van der Waals surface area contributed by atoms with E-state index in [2.05, 4.69) is 6.58 Å². The Bertz CT molecular complexity index is 639. The van der Waals surface area contributed by atoms with E-state index >= 15 is 0 Å². The molecule has 0 saturated heterocycles. The second-order valence-corrected chi connectivity index (χ2v) is 5.70. The van der Waals surface area contributed by atoms with Gasteiger partial charge in [0, 0.05) is 0 Å². The Kier molecular flexibility index (Phi) is 5.37. The largest absolute Gasteiger partial charge is 0.465 e. The minimum atomic E-state index is -0.406. The number of hydrogen-bond acceptors (Lipinski definition) is 4. The molecule has 4 nitrogen and oxygen atoms in total. The summed E-state index contributed by atoms with van der Waals surface area (Å²) in [6.07, 6.45) is 5.81. The third kappa shape index (κ3) is 3.70. The quantitative estimate of drug-likeness (QED) is 0.438. The van der Waals surface area contributed by atoms with Crippen molar-refractivity contribution in [1.82, 2.24) is 0 Å². The fourth-order valence-electron chi connectivity index (χ4n) is 2.62. The van der Waals surface area contributed by atoms with Gasteiger partial charge in [0.25, 0.3) is 0 Å². The van der Waals surface area contributed by atoms with Crippen molar-refractivity contribution in [2.24, 2.45) is 5.41 Å². The van der Waals surface area contributed by atoms with Crippen molar-refractivity contribution in [2.45, 2.75) is 32.8 Å². The molecule has 4 heteroatoms. The van der Waals surface area contributed by atoms with Crippen molar-refractivity contribution >= 4 is 17.5 Å². The summed E-state index contributed by atoms with van der Waals surface area (Å²) in [6.45, 7) is 5.61. The number of ether oxygens (including phenoxy) is 2. The number of esters is 2. The molecule has 0 heterocycles. The highest BCUT2D eigenvalue weighted by Gasteiger charge is 2.50. The van der Waals surface area contributed by atoms with Crippen molar-refractivity contribution in [2.75, 3.05) is 7.11 Å². The van der Waals surface area contributed by atoms with E-state index in [1.807, 2.05) is 24.3 Å². The van der Waals surface area contributed by atoms with E-state index in [0.717, 1.165) is 24.0 Å². The fraction of sp³-hybridized carbons (Fsp3) is 0.368. The normalized spacial score (nSPS) is 15.7. The van der Waals surface area contributed by atoms with Crippen LogP contribution in [0.25, 0.3) is 5.57 Å². The van der Waals surface area contributed by atoms with Crippen LogP contribution >= 0.6 is 0 Å². The molecule has 1 aliphatic rings. The number of hydrogen-bond donors (Lipinski definition) is 0. The van der Waals surface area contributed by atoms with Crippen LogP contribution < -0.4 is 0 Å². The molecule has 0 atom stereocenters. The van der Waals surface area contributed by atoms with Gasteiger partial charge >= 0.3 is 11.9 Å². The van der Waals surface area contributed by atoms with Crippen molar-refractivity contribution in [3.63, 3.8) is 0 Å². The van der Waals surface area contributed by atoms with E-state index in [0.29, 0.717) is 12.0 Å². The SMILES string of the molecule is C=CCC1(C(=O)OCc2ccccc2C(=CC)C(=O)OC)CC1. The average Bonchev–Trinajstić information content (AvgIpc) is 3.35. The Morgan fingerprint density at radius 1 is 1.30 bits per heavy atom. The molecule has 2 rings (SSSR count). The van der Waals surface area contributed by atoms with Crippen LogP contribution in [0.5, 0.6) is 0 Å². The summed E-state index contributed by atoms with van der Waals surface area (Å²) < 4.78 is 10.3. The molecule has 1 saturated carbocycles. The first-order valence-electron chi connectivity index (χ1n) is 7.69. The van der Waals surface area contributed by atoms with Gasteiger partial charge in [-0.3, -0.25) is 4.79 Å². The molecule has 0 aromatic heterocycles. The predicted octanol–water partition coefficient (Wildman–Crippen LogP) is 3.66. The maximum Gasteiger partial charge on any atom is 0.338 e. The van der Waals surface area contributed by atoms with Crippen molar-refractivity contribution in [3.8, 4) is 0 Å². The van der Waals surface area contributed by atoms with Crippen molar-refractivity contribution < 1.29 is 19.1 Å². The zero-order valence-corrected chi connectivity index (χ0v) is 13.6. The van der Waals surface area contributed by atoms with Gasteiger partial charge in [0.1, 0.15) is 6.61 Å². The maximum absolute atomic E-state index is 12.3. The van der Waals surface area contributed by atoms with Gasteiger partial charge in [-0.05, 0) is 37.3 Å². The molecule has 1 fully saturated rings. The van der Waals surface area contributed by atoms with Gasteiger partial charge in [0.15, 0.2) is 0 Å². The number of benzene rings is 1. The summed E-state index contributed by atoms with van der Waals surface area (Å²) in [6, 6.07) is 7.37. The number of carbonyl (C=O) groups is 2. The van der Waals surface area contributed by atoms with Gasteiger partial charge in [0.05, 0.1) is 18.1 Å². The Labute approximate surface area is 136 Å². The smallest absolute Gasteiger partial charge is 0.338 e. The molecule has 1 aliphatic carbocycles. The van der Waals surface area contributed by atoms with E-state index in [-0.39, 0.29) is 18.0 Å². The standard InChI is InChI=1S/C19H22O4/c1-4-10-19(11-12-19)18(21)23-13-14-8-6-7-9-16(14)15(5-2)17(20)22-3/h4-9H,1,10-13H2,2-3H3. The van der Waals surface area contributed by atoms with Crippen LogP contribution in [0.3, 0.4) is 0 Å². The molecule has 0 radical (unpaired) electrons. The third-order valence-corrected chi connectivity index (χ3v) is 4.18. The first-order chi connectivity index (χ1) is 11.1. The molecular formula is C19H22O4. The molecule has 0 amide bonds. The molecular weight excluding hydrogens is 292 g/mol. The van der Waals surface area contributed by atoms with Crippen LogP contribution in [-0.2, 0) is 25.7 Å². The summed E-state index contributed by atoms with van der Waals surface area (Å²) in [7, 11) is 1.35. The molecule has 1 aromatic rings. The number of methoxy groups -OCH3 is 1. The first kappa shape index (κ1) is 17.0. The zero-order chi connectivity index (χ0) is 16.9. The van der Waals surface area contributed by atoms with Gasteiger partial charge in [-0.15, -0.1) is 6.58 Å². The monoisotopic (exact) mass is 314 g/mol. The second-order valence-electron chi connectivity index (χ2n) is 5.70. The Hall–Kier alpha value is -2.36. The lowest BCUT2D eigenvalue weighted by Crippen LogP contribution is -2.18. The minimum absolute atomic E-state index is 0.141. The summed E-state index contributed by atoms with van der Waals surface area (Å²) in [5.41, 5.74) is 1.60. The predicted molar refractivity (Wildman–Crippen MR) is 88.4 cm³/mol. The van der Waals surface area contributed by atoms with Crippen LogP contribution in [-0.4, -0.2) is 19.0 Å². The highest BCUT2D eigenvalue weighted by Crippen LogP contribution is 2.50. The van der Waals surface area contributed by atoms with E-state index in [9.17, 15) is 9.59 Å². The lowest BCUT2D eigenvalue weighted by Gasteiger charge is -2.15. The fourth-order valence-corrected chi connectivity index (χ4v) is 2.62. The molecule has 0 N–H and O–H groups in total. The van der Waals surface area contributed by atoms with Gasteiger partial charge in [-0.2, -0.15) is 0 Å². The molecule has 122 valence electrons. The topological polar surface area (TPSA) is 52.6 Å². The van der Waals surface area contributed by atoms with E-state index < -0.39 is 5.97 Å². The summed E-state index contributed by atoms with van der Waals surface area (Å²) in [4.78, 5) is 24.1. The van der Waals surface area contributed by atoms with Crippen molar-refractivity contribution in [1.29, 1.82) is 0 Å². The lowest BCUT2D eigenvalue weighted by atomic mass is 9.99. The molecule has 0 unspecified atom stereocenters. The van der Waals surface area contributed by atoms with Crippen LogP contribution in [0, 0.1) is 5.41 Å². The third-order valence-electron chi connectivity index (χ3n) is 4.18. The zero-order valence-electron chi connectivity index (χ0n) is 13.6. The molecule has 1 aromatic carbocycles. The molecule has 23 heavy (non-hydrogen) atoms. The first-order valence-corrected chi connectivity index (χ1v) is 7.69.